The zero-order valence-corrected chi connectivity index (χ0v) is 32.8. The Morgan fingerprint density at radius 1 is 0.527 bits per heavy atom. The van der Waals surface area contributed by atoms with Gasteiger partial charge in [0, 0.05) is 66.5 Å². The van der Waals surface area contributed by atoms with Crippen molar-refractivity contribution in [3.8, 4) is 0 Å². The summed E-state index contributed by atoms with van der Waals surface area (Å²) in [5, 5.41) is 10.4. The van der Waals surface area contributed by atoms with E-state index >= 15 is 0 Å². The highest BCUT2D eigenvalue weighted by molar-refractivity contribution is 7.85. The van der Waals surface area contributed by atoms with E-state index < -0.39 is 20.2 Å². The van der Waals surface area contributed by atoms with Gasteiger partial charge in [-0.3, -0.25) is 38.1 Å². The molecule has 0 radical (unpaired) electrons. The molecular weight excluding hydrogens is 789 g/mol. The third kappa shape index (κ3) is 8.92. The van der Waals surface area contributed by atoms with Gasteiger partial charge in [0.15, 0.2) is 0 Å². The van der Waals surface area contributed by atoms with Gasteiger partial charge in [0.1, 0.15) is 0 Å². The summed E-state index contributed by atoms with van der Waals surface area (Å²) in [6, 6.07) is 23.4. The number of nitrogens with one attached hydrogen (secondary N) is 2. The first-order valence-corrected chi connectivity index (χ1v) is 22.2. The van der Waals surface area contributed by atoms with E-state index in [1.165, 1.54) is 9.80 Å². The van der Waals surface area contributed by atoms with E-state index in [-0.39, 0.29) is 23.6 Å². The Bertz CT molecular complexity index is 2520. The molecule has 288 valence electrons. The van der Waals surface area contributed by atoms with Crippen LogP contribution in [0.2, 0.25) is 0 Å². The van der Waals surface area contributed by atoms with Crippen LogP contribution in [0.3, 0.4) is 0 Å². The number of fused-ring (bicyclic) bond motifs is 10. The van der Waals surface area contributed by atoms with Gasteiger partial charge in [-0.25, -0.2) is 0 Å². The number of amides is 4. The van der Waals surface area contributed by atoms with Crippen molar-refractivity contribution in [2.45, 2.75) is 6.42 Å². The zero-order chi connectivity index (χ0) is 39.7. The SMILES string of the molecule is CS(=O)(=O)O.CS(=O)(=O)O.O=C1c2ccc3sc4ccccc4c3c2C(=O)N1CCNCCCNCCN1C(=O)c2ccc3sc4ccccc4c3c2C1=O. The number of hydrogen-bond donors (Lipinski definition) is 4. The molecule has 18 heteroatoms. The molecule has 0 fully saturated rings. The van der Waals surface area contributed by atoms with E-state index in [0.717, 1.165) is 46.8 Å². The standard InChI is InChI=1S/C35H28N4O4S2.2CH4O3S/c40-32-22-10-12-26-28(20-6-1-3-8-24(20)44-26)30(22)34(42)38(32)18-16-36-14-5-15-37-17-19-39-33(41)23-11-13-27-29(31(23)35(39)43)21-7-2-4-9-25(21)45-27;2*1-5(2,3)4/h1-4,6-13,36-37H,5,14-19H2;2*1H3,(H,2,3,4). The van der Waals surface area contributed by atoms with Crippen molar-refractivity contribution < 1.29 is 45.1 Å². The molecule has 4 heterocycles. The van der Waals surface area contributed by atoms with E-state index in [9.17, 15) is 36.0 Å². The van der Waals surface area contributed by atoms with Crippen molar-refractivity contribution >= 4 is 107 Å². The second-order valence-electron chi connectivity index (χ2n) is 12.8. The van der Waals surface area contributed by atoms with Crippen LogP contribution in [0.5, 0.6) is 0 Å². The van der Waals surface area contributed by atoms with Crippen molar-refractivity contribution in [3.05, 3.63) is 95.1 Å². The Balaban J connectivity index is 0.000000459. The van der Waals surface area contributed by atoms with Crippen LogP contribution < -0.4 is 10.6 Å². The van der Waals surface area contributed by atoms with Gasteiger partial charge < -0.3 is 10.6 Å². The molecule has 4 aromatic carbocycles. The topological polar surface area (TPSA) is 208 Å². The van der Waals surface area contributed by atoms with Crippen molar-refractivity contribution in [3.63, 3.8) is 0 Å². The lowest BCUT2D eigenvalue weighted by Crippen LogP contribution is -2.38. The van der Waals surface area contributed by atoms with Gasteiger partial charge in [0.25, 0.3) is 43.9 Å². The predicted molar refractivity (Wildman–Crippen MR) is 215 cm³/mol. The smallest absolute Gasteiger partial charge is 0.262 e. The quantitative estimate of drug-likeness (QED) is 0.0828. The summed E-state index contributed by atoms with van der Waals surface area (Å²) in [6.45, 7) is 3.00. The van der Waals surface area contributed by atoms with Gasteiger partial charge in [-0.15, -0.1) is 22.7 Å². The summed E-state index contributed by atoms with van der Waals surface area (Å²) in [4.78, 5) is 55.6. The van der Waals surface area contributed by atoms with Gasteiger partial charge in [0.05, 0.1) is 34.8 Å². The monoisotopic (exact) mass is 824 g/mol. The Morgan fingerprint density at radius 3 is 1.27 bits per heavy atom. The maximum Gasteiger partial charge on any atom is 0.262 e. The minimum absolute atomic E-state index is 0.228. The first-order valence-electron chi connectivity index (χ1n) is 16.9. The van der Waals surface area contributed by atoms with Crippen LogP contribution in [-0.2, 0) is 20.2 Å². The van der Waals surface area contributed by atoms with Crippen LogP contribution in [0.25, 0.3) is 40.3 Å². The summed E-state index contributed by atoms with van der Waals surface area (Å²) in [6.07, 6.45) is 2.24. The van der Waals surface area contributed by atoms with Gasteiger partial charge in [-0.05, 0) is 55.9 Å². The zero-order valence-electron chi connectivity index (χ0n) is 29.6. The summed E-state index contributed by atoms with van der Waals surface area (Å²) in [5.41, 5.74) is 1.99. The van der Waals surface area contributed by atoms with Gasteiger partial charge >= 0.3 is 0 Å². The van der Waals surface area contributed by atoms with Crippen LogP contribution in [0, 0.1) is 0 Å². The number of carbonyl (C=O) groups excluding carboxylic acids is 4. The third-order valence-electron chi connectivity index (χ3n) is 8.69. The second kappa shape index (κ2) is 16.2. The molecule has 0 saturated heterocycles. The van der Waals surface area contributed by atoms with Crippen LogP contribution in [-0.4, -0.2) is 111 Å². The van der Waals surface area contributed by atoms with Gasteiger partial charge in [-0.2, -0.15) is 16.8 Å². The van der Waals surface area contributed by atoms with Crippen LogP contribution in [0.1, 0.15) is 47.9 Å². The molecule has 0 spiro atoms. The fourth-order valence-corrected chi connectivity index (χ4v) is 8.78. The average Bonchev–Trinajstić information content (AvgIpc) is 3.81. The molecule has 0 unspecified atom stereocenters. The van der Waals surface area contributed by atoms with Crippen molar-refractivity contribution in [1.82, 2.24) is 20.4 Å². The van der Waals surface area contributed by atoms with Crippen LogP contribution >= 0.6 is 22.7 Å². The number of hydrogen-bond acceptors (Lipinski definition) is 12. The van der Waals surface area contributed by atoms with Gasteiger partial charge in [-0.1, -0.05) is 36.4 Å². The Labute approximate surface area is 324 Å². The van der Waals surface area contributed by atoms with E-state index in [1.54, 1.807) is 34.8 Å². The number of benzene rings is 4. The Morgan fingerprint density at radius 2 is 0.891 bits per heavy atom. The highest BCUT2D eigenvalue weighted by Crippen LogP contribution is 2.41. The fraction of sp³-hybridized carbons (Fsp3) is 0.243. The maximum atomic E-state index is 13.4. The number of nitrogens with zero attached hydrogens (tertiary/aromatic N) is 2. The normalized spacial score (nSPS) is 14.1. The highest BCUT2D eigenvalue weighted by Gasteiger charge is 2.38. The largest absolute Gasteiger partial charge is 0.315 e. The molecule has 8 rings (SSSR count). The Kier molecular flexibility index (Phi) is 11.8. The number of thiophene rings is 2. The van der Waals surface area contributed by atoms with E-state index in [1.807, 2.05) is 60.7 Å². The predicted octanol–water partition coefficient (Wildman–Crippen LogP) is 4.89. The number of carbonyl (C=O) groups is 4. The molecule has 0 bridgehead atoms. The number of imide groups is 2. The molecule has 55 heavy (non-hydrogen) atoms. The van der Waals surface area contributed by atoms with E-state index in [4.69, 9.17) is 9.11 Å². The van der Waals surface area contributed by atoms with E-state index in [0.29, 0.717) is 74.0 Å². The van der Waals surface area contributed by atoms with E-state index in [2.05, 4.69) is 10.6 Å². The van der Waals surface area contributed by atoms with Crippen molar-refractivity contribution in [1.29, 1.82) is 0 Å². The number of rotatable bonds is 10. The lowest BCUT2D eigenvalue weighted by atomic mass is 10.0. The van der Waals surface area contributed by atoms with Gasteiger partial charge in [0.2, 0.25) is 0 Å². The molecule has 4 amide bonds. The lowest BCUT2D eigenvalue weighted by Gasteiger charge is -2.15. The molecule has 0 atom stereocenters. The minimum atomic E-state index is -3.67. The Hall–Kier alpha value is -4.66. The first-order chi connectivity index (χ1) is 26.0. The minimum Gasteiger partial charge on any atom is -0.315 e. The summed E-state index contributed by atoms with van der Waals surface area (Å²) >= 11 is 3.27. The first kappa shape index (κ1) is 40.0. The molecule has 6 aromatic rings. The molecule has 0 saturated carbocycles. The van der Waals surface area contributed by atoms with Crippen LogP contribution in [0.15, 0.2) is 72.8 Å². The van der Waals surface area contributed by atoms with Crippen molar-refractivity contribution in [2.75, 3.05) is 51.8 Å². The lowest BCUT2D eigenvalue weighted by molar-refractivity contribution is 0.0641. The maximum absolute atomic E-state index is 13.4. The highest BCUT2D eigenvalue weighted by atomic mass is 32.2. The molecule has 2 aliphatic rings. The molecule has 0 aliphatic carbocycles. The molecule has 2 aliphatic heterocycles. The molecule has 4 N–H and O–H groups in total. The van der Waals surface area contributed by atoms with Crippen LogP contribution in [0.4, 0.5) is 0 Å². The molecule has 14 nitrogen and oxygen atoms in total. The van der Waals surface area contributed by atoms with Crippen molar-refractivity contribution in [2.24, 2.45) is 0 Å². The average molecular weight is 825 g/mol. The fourth-order valence-electron chi connectivity index (χ4n) is 6.56. The molecular formula is C37H36N4O10S4. The second-order valence-corrected chi connectivity index (χ2v) is 17.9. The summed E-state index contributed by atoms with van der Waals surface area (Å²) in [5.74, 6) is -0.934. The summed E-state index contributed by atoms with van der Waals surface area (Å²) < 4.78 is 56.0. The summed E-state index contributed by atoms with van der Waals surface area (Å²) in [7, 11) is -7.33. The molecule has 2 aromatic heterocycles. The third-order valence-corrected chi connectivity index (χ3v) is 11.0.